The SMILES string of the molecule is Cc1ccc(C(N)C(=O)NCCS(=O)(=O)N(C)C)cc1. The highest BCUT2D eigenvalue weighted by molar-refractivity contribution is 7.89. The Balaban J connectivity index is 2.53. The molecule has 0 radical (unpaired) electrons. The molecule has 0 aromatic heterocycles. The number of hydrogen-bond donors (Lipinski definition) is 2. The largest absolute Gasteiger partial charge is 0.353 e. The molecule has 0 aliphatic carbocycles. The van der Waals surface area contributed by atoms with E-state index >= 15 is 0 Å². The van der Waals surface area contributed by atoms with E-state index in [0.29, 0.717) is 5.56 Å². The summed E-state index contributed by atoms with van der Waals surface area (Å²) in [6.45, 7) is 1.99. The molecule has 112 valence electrons. The summed E-state index contributed by atoms with van der Waals surface area (Å²) in [6, 6.07) is 6.53. The molecule has 3 N–H and O–H groups in total. The molecule has 1 unspecified atom stereocenters. The number of carbonyl (C=O) groups is 1. The Kier molecular flexibility index (Phi) is 5.67. The molecule has 0 spiro atoms. The lowest BCUT2D eigenvalue weighted by atomic mass is 10.1. The number of sulfonamides is 1. The summed E-state index contributed by atoms with van der Waals surface area (Å²) in [5.74, 6) is -0.533. The zero-order valence-corrected chi connectivity index (χ0v) is 12.8. The van der Waals surface area contributed by atoms with Crippen molar-refractivity contribution in [3.8, 4) is 0 Å². The van der Waals surface area contributed by atoms with E-state index in [9.17, 15) is 13.2 Å². The molecule has 1 aromatic rings. The molecule has 0 aliphatic rings. The van der Waals surface area contributed by atoms with E-state index in [2.05, 4.69) is 5.32 Å². The zero-order valence-electron chi connectivity index (χ0n) is 12.0. The Morgan fingerprint density at radius 2 is 1.85 bits per heavy atom. The van der Waals surface area contributed by atoms with Crippen LogP contribution in [0.15, 0.2) is 24.3 Å². The monoisotopic (exact) mass is 299 g/mol. The van der Waals surface area contributed by atoms with Crippen molar-refractivity contribution in [1.29, 1.82) is 0 Å². The van der Waals surface area contributed by atoms with Gasteiger partial charge in [0.1, 0.15) is 6.04 Å². The molecular formula is C13H21N3O3S. The summed E-state index contributed by atoms with van der Waals surface area (Å²) in [7, 11) is -0.405. The number of nitrogens with zero attached hydrogens (tertiary/aromatic N) is 1. The van der Waals surface area contributed by atoms with E-state index in [1.165, 1.54) is 14.1 Å². The van der Waals surface area contributed by atoms with E-state index in [4.69, 9.17) is 5.73 Å². The smallest absolute Gasteiger partial charge is 0.241 e. The van der Waals surface area contributed by atoms with Crippen LogP contribution in [0.1, 0.15) is 17.2 Å². The number of benzene rings is 1. The summed E-state index contributed by atoms with van der Waals surface area (Å²) in [5, 5.41) is 2.54. The van der Waals surface area contributed by atoms with Crippen LogP contribution in [0.4, 0.5) is 0 Å². The van der Waals surface area contributed by atoms with E-state index in [0.717, 1.165) is 9.87 Å². The maximum atomic E-state index is 11.8. The Morgan fingerprint density at radius 1 is 1.30 bits per heavy atom. The lowest BCUT2D eigenvalue weighted by molar-refractivity contribution is -0.122. The van der Waals surface area contributed by atoms with Crippen LogP contribution >= 0.6 is 0 Å². The number of amides is 1. The van der Waals surface area contributed by atoms with Crippen LogP contribution < -0.4 is 11.1 Å². The highest BCUT2D eigenvalue weighted by atomic mass is 32.2. The van der Waals surface area contributed by atoms with Gasteiger partial charge in [0.15, 0.2) is 0 Å². The molecule has 1 rings (SSSR count). The first-order valence-corrected chi connectivity index (χ1v) is 7.85. The average molecular weight is 299 g/mol. The van der Waals surface area contributed by atoms with Gasteiger partial charge >= 0.3 is 0 Å². The molecule has 0 fully saturated rings. The van der Waals surface area contributed by atoms with E-state index in [1.807, 2.05) is 19.1 Å². The van der Waals surface area contributed by atoms with Crippen molar-refractivity contribution in [2.24, 2.45) is 5.73 Å². The minimum atomic E-state index is -3.31. The molecule has 7 heteroatoms. The number of carbonyl (C=O) groups excluding carboxylic acids is 1. The summed E-state index contributed by atoms with van der Waals surface area (Å²) in [4.78, 5) is 11.8. The Bertz CT molecular complexity index is 553. The normalized spacial score (nSPS) is 13.2. The van der Waals surface area contributed by atoms with Gasteiger partial charge in [-0.15, -0.1) is 0 Å². The van der Waals surface area contributed by atoms with E-state index < -0.39 is 16.1 Å². The first kappa shape index (κ1) is 16.6. The second-order valence-electron chi connectivity index (χ2n) is 4.78. The van der Waals surface area contributed by atoms with Crippen LogP contribution in [0, 0.1) is 6.92 Å². The van der Waals surface area contributed by atoms with Gasteiger partial charge < -0.3 is 11.1 Å². The highest BCUT2D eigenvalue weighted by Gasteiger charge is 2.17. The fourth-order valence-corrected chi connectivity index (χ4v) is 2.25. The van der Waals surface area contributed by atoms with Gasteiger partial charge in [0.25, 0.3) is 0 Å². The molecule has 1 atom stereocenters. The molecule has 0 heterocycles. The Morgan fingerprint density at radius 3 is 2.35 bits per heavy atom. The van der Waals surface area contributed by atoms with Gasteiger partial charge in [-0.2, -0.15) is 0 Å². The van der Waals surface area contributed by atoms with Gasteiger partial charge in [0.05, 0.1) is 5.75 Å². The number of nitrogens with one attached hydrogen (secondary N) is 1. The lowest BCUT2D eigenvalue weighted by Crippen LogP contribution is -2.38. The van der Waals surface area contributed by atoms with Crippen molar-refractivity contribution in [3.63, 3.8) is 0 Å². The van der Waals surface area contributed by atoms with Gasteiger partial charge in [0, 0.05) is 20.6 Å². The standard InChI is InChI=1S/C13H21N3O3S/c1-10-4-6-11(7-5-10)12(14)13(17)15-8-9-20(18,19)16(2)3/h4-7,12H,8-9,14H2,1-3H3,(H,15,17). The molecule has 1 aromatic carbocycles. The molecule has 6 nitrogen and oxygen atoms in total. The van der Waals surface area contributed by atoms with E-state index in [1.54, 1.807) is 12.1 Å². The number of hydrogen-bond acceptors (Lipinski definition) is 4. The number of nitrogens with two attached hydrogens (primary N) is 1. The van der Waals surface area contributed by atoms with Crippen molar-refractivity contribution < 1.29 is 13.2 Å². The number of aryl methyl sites for hydroxylation is 1. The molecule has 1 amide bonds. The quantitative estimate of drug-likeness (QED) is 0.773. The summed E-state index contributed by atoms with van der Waals surface area (Å²) < 4.78 is 24.2. The van der Waals surface area contributed by atoms with Gasteiger partial charge in [-0.05, 0) is 12.5 Å². The zero-order chi connectivity index (χ0) is 15.3. The van der Waals surface area contributed by atoms with Crippen molar-refractivity contribution in [1.82, 2.24) is 9.62 Å². The van der Waals surface area contributed by atoms with Crippen LogP contribution in [0.5, 0.6) is 0 Å². The third-order valence-electron chi connectivity index (χ3n) is 2.93. The van der Waals surface area contributed by atoms with Gasteiger partial charge in [-0.1, -0.05) is 29.8 Å². The highest BCUT2D eigenvalue weighted by Crippen LogP contribution is 2.11. The van der Waals surface area contributed by atoms with Gasteiger partial charge in [-0.3, -0.25) is 4.79 Å². The molecule has 0 saturated heterocycles. The average Bonchev–Trinajstić information content (AvgIpc) is 2.38. The van der Waals surface area contributed by atoms with Crippen LogP contribution in [0.3, 0.4) is 0 Å². The minimum Gasteiger partial charge on any atom is -0.353 e. The second-order valence-corrected chi connectivity index (χ2v) is 7.08. The van der Waals surface area contributed by atoms with Crippen molar-refractivity contribution in [2.75, 3.05) is 26.4 Å². The maximum Gasteiger partial charge on any atom is 0.241 e. The molecule has 0 bridgehead atoms. The van der Waals surface area contributed by atoms with Crippen molar-refractivity contribution in [2.45, 2.75) is 13.0 Å². The van der Waals surface area contributed by atoms with Crippen LogP contribution in [0.2, 0.25) is 0 Å². The van der Waals surface area contributed by atoms with Crippen molar-refractivity contribution in [3.05, 3.63) is 35.4 Å². The van der Waals surface area contributed by atoms with Crippen molar-refractivity contribution >= 4 is 15.9 Å². The predicted molar refractivity (Wildman–Crippen MR) is 78.6 cm³/mol. The summed E-state index contributed by atoms with van der Waals surface area (Å²) >= 11 is 0. The lowest BCUT2D eigenvalue weighted by Gasteiger charge is -2.14. The Labute approximate surface area is 120 Å². The van der Waals surface area contributed by atoms with E-state index in [-0.39, 0.29) is 18.2 Å². The maximum absolute atomic E-state index is 11.8. The fraction of sp³-hybridized carbons (Fsp3) is 0.462. The summed E-state index contributed by atoms with van der Waals surface area (Å²) in [5.41, 5.74) is 7.61. The molecule has 0 saturated carbocycles. The molecule has 0 aliphatic heterocycles. The summed E-state index contributed by atoms with van der Waals surface area (Å²) in [6.07, 6.45) is 0. The predicted octanol–water partition coefficient (Wildman–Crippen LogP) is 0.00242. The second kappa shape index (κ2) is 6.83. The third-order valence-corrected chi connectivity index (χ3v) is 4.77. The Hall–Kier alpha value is -1.44. The van der Waals surface area contributed by atoms with Crippen LogP contribution in [-0.2, 0) is 14.8 Å². The first-order chi connectivity index (χ1) is 9.24. The number of rotatable bonds is 6. The van der Waals surface area contributed by atoms with Gasteiger partial charge in [0.2, 0.25) is 15.9 Å². The fourth-order valence-electron chi connectivity index (χ4n) is 1.52. The minimum absolute atomic E-state index is 0.0406. The topological polar surface area (TPSA) is 92.5 Å². The van der Waals surface area contributed by atoms with Crippen LogP contribution in [0.25, 0.3) is 0 Å². The molecular weight excluding hydrogens is 278 g/mol. The van der Waals surface area contributed by atoms with Crippen LogP contribution in [-0.4, -0.2) is 45.0 Å². The van der Waals surface area contributed by atoms with Gasteiger partial charge in [-0.25, -0.2) is 12.7 Å². The third kappa shape index (κ3) is 4.59. The molecule has 20 heavy (non-hydrogen) atoms. The first-order valence-electron chi connectivity index (χ1n) is 6.24.